The van der Waals surface area contributed by atoms with Crippen molar-refractivity contribution in [2.45, 2.75) is 10.5 Å². The average molecular weight is 380 g/mol. The van der Waals surface area contributed by atoms with Gasteiger partial charge in [-0.3, -0.25) is 4.79 Å². The number of carbonyl (C=O) groups excluding carboxylic acids is 2. The Balaban J connectivity index is 1.94. The van der Waals surface area contributed by atoms with E-state index in [0.29, 0.717) is 0 Å². The molecule has 0 aliphatic heterocycles. The van der Waals surface area contributed by atoms with Gasteiger partial charge in [-0.1, -0.05) is 83.3 Å². The van der Waals surface area contributed by atoms with Crippen molar-refractivity contribution in [3.63, 3.8) is 0 Å². The highest BCUT2D eigenvalue weighted by Gasteiger charge is 2.25. The van der Waals surface area contributed by atoms with E-state index in [4.69, 9.17) is 4.74 Å². The Hall–Kier alpha value is -1.69. The summed E-state index contributed by atoms with van der Waals surface area (Å²) in [5, 5.41) is 0. The van der Waals surface area contributed by atoms with Gasteiger partial charge < -0.3 is 4.74 Å². The molecule has 0 saturated carbocycles. The van der Waals surface area contributed by atoms with Crippen LogP contribution in [0.2, 0.25) is 0 Å². The summed E-state index contributed by atoms with van der Waals surface area (Å²) in [5.41, 5.74) is 1.66. The number of rotatable bonds is 5. The minimum atomic E-state index is -0.794. The zero-order valence-electron chi connectivity index (χ0n) is 10.7. The van der Waals surface area contributed by atoms with E-state index in [1.54, 1.807) is 0 Å². The largest absolute Gasteiger partial charge is 0.455 e. The highest BCUT2D eigenvalue weighted by molar-refractivity contribution is 14.1. The van der Waals surface area contributed by atoms with Gasteiger partial charge in [0.25, 0.3) is 5.78 Å². The van der Waals surface area contributed by atoms with Gasteiger partial charge in [-0.05, 0) is 11.1 Å². The number of Topliss-reactive ketones (excluding diaryl/α,β-unsaturated/α-hetero) is 1. The van der Waals surface area contributed by atoms with Gasteiger partial charge in [0.1, 0.15) is 10.5 Å². The minimum Gasteiger partial charge on any atom is -0.455 e. The van der Waals surface area contributed by atoms with Gasteiger partial charge in [0.2, 0.25) is 0 Å². The first kappa shape index (κ1) is 14.7. The molecule has 0 saturated heterocycles. The fourth-order valence-electron chi connectivity index (χ4n) is 1.67. The van der Waals surface area contributed by atoms with Gasteiger partial charge in [0, 0.05) is 0 Å². The predicted molar refractivity (Wildman–Crippen MR) is 84.4 cm³/mol. The molecule has 0 N–H and O–H groups in total. The second kappa shape index (κ2) is 7.19. The van der Waals surface area contributed by atoms with E-state index in [1.165, 1.54) is 0 Å². The van der Waals surface area contributed by atoms with Crippen molar-refractivity contribution < 1.29 is 14.3 Å². The maximum atomic E-state index is 12.0. The Morgan fingerprint density at radius 1 is 0.950 bits per heavy atom. The van der Waals surface area contributed by atoms with Crippen molar-refractivity contribution in [1.29, 1.82) is 0 Å². The summed E-state index contributed by atoms with van der Waals surface area (Å²) in [6.45, 7) is 0.115. The van der Waals surface area contributed by atoms with Crippen molar-refractivity contribution >= 4 is 34.3 Å². The van der Waals surface area contributed by atoms with Crippen LogP contribution in [-0.4, -0.2) is 11.8 Å². The van der Waals surface area contributed by atoms with E-state index in [0.717, 1.165) is 11.1 Å². The number of alkyl halides is 1. The van der Waals surface area contributed by atoms with Gasteiger partial charge in [0.05, 0.1) is 0 Å². The van der Waals surface area contributed by atoms with E-state index in [-0.39, 0.29) is 6.61 Å². The van der Waals surface area contributed by atoms with E-state index >= 15 is 0 Å². The second-order valence-electron chi connectivity index (χ2n) is 4.20. The number of ketones is 1. The number of benzene rings is 2. The standard InChI is InChI=1S/C16H13IO3/c17-14(13-9-5-2-6-10-13)15(18)16(19)20-11-12-7-3-1-4-8-12/h1-10,14H,11H2. The van der Waals surface area contributed by atoms with Crippen molar-refractivity contribution in [3.8, 4) is 0 Å². The SMILES string of the molecule is O=C(OCc1ccccc1)C(=O)C(I)c1ccccc1. The van der Waals surface area contributed by atoms with Crippen molar-refractivity contribution in [2.75, 3.05) is 0 Å². The monoisotopic (exact) mass is 380 g/mol. The molecule has 1 atom stereocenters. The van der Waals surface area contributed by atoms with Crippen LogP contribution in [0.1, 0.15) is 15.1 Å². The zero-order chi connectivity index (χ0) is 14.4. The topological polar surface area (TPSA) is 43.4 Å². The minimum absolute atomic E-state index is 0.115. The number of carbonyl (C=O) groups is 2. The Labute approximate surface area is 131 Å². The second-order valence-corrected chi connectivity index (χ2v) is 5.44. The molecule has 0 fully saturated rings. The van der Waals surface area contributed by atoms with Crippen LogP contribution in [0.3, 0.4) is 0 Å². The lowest BCUT2D eigenvalue weighted by Crippen LogP contribution is -2.21. The van der Waals surface area contributed by atoms with Crippen LogP contribution in [0.15, 0.2) is 60.7 Å². The van der Waals surface area contributed by atoms with Crippen molar-refractivity contribution in [1.82, 2.24) is 0 Å². The fourth-order valence-corrected chi connectivity index (χ4v) is 2.34. The molecule has 3 nitrogen and oxygen atoms in total. The Kier molecular flexibility index (Phi) is 5.29. The van der Waals surface area contributed by atoms with E-state index in [1.807, 2.05) is 83.3 Å². The van der Waals surface area contributed by atoms with Crippen LogP contribution < -0.4 is 0 Å². The zero-order valence-corrected chi connectivity index (χ0v) is 12.8. The predicted octanol–water partition coefficient (Wildman–Crippen LogP) is 3.48. The molecular weight excluding hydrogens is 367 g/mol. The summed E-state index contributed by atoms with van der Waals surface area (Å²) >= 11 is 1.95. The maximum absolute atomic E-state index is 12.0. The van der Waals surface area contributed by atoms with Crippen LogP contribution in [0.25, 0.3) is 0 Å². The lowest BCUT2D eigenvalue weighted by molar-refractivity contribution is -0.154. The molecule has 2 aromatic rings. The summed E-state index contributed by atoms with van der Waals surface area (Å²) < 4.78 is 4.52. The highest BCUT2D eigenvalue weighted by atomic mass is 127. The lowest BCUT2D eigenvalue weighted by Gasteiger charge is -2.09. The smallest absolute Gasteiger partial charge is 0.376 e. The molecule has 2 rings (SSSR count). The Morgan fingerprint density at radius 3 is 2.10 bits per heavy atom. The number of hydrogen-bond acceptors (Lipinski definition) is 3. The summed E-state index contributed by atoms with van der Waals surface area (Å²) in [6.07, 6.45) is 0. The number of esters is 1. The summed E-state index contributed by atoms with van der Waals surface area (Å²) in [6, 6.07) is 18.5. The average Bonchev–Trinajstić information content (AvgIpc) is 2.53. The third-order valence-corrected chi connectivity index (χ3v) is 4.02. The maximum Gasteiger partial charge on any atom is 0.376 e. The summed E-state index contributed by atoms with van der Waals surface area (Å²) in [7, 11) is 0. The van der Waals surface area contributed by atoms with E-state index in [9.17, 15) is 9.59 Å². The molecule has 102 valence electrons. The van der Waals surface area contributed by atoms with E-state index in [2.05, 4.69) is 0 Å². The van der Waals surface area contributed by atoms with Crippen LogP contribution >= 0.6 is 22.6 Å². The van der Waals surface area contributed by atoms with Crippen molar-refractivity contribution in [2.24, 2.45) is 0 Å². The molecule has 0 aromatic heterocycles. The molecular formula is C16H13IO3. The van der Waals surface area contributed by atoms with Gasteiger partial charge in [-0.25, -0.2) is 4.79 Å². The van der Waals surface area contributed by atoms with Crippen LogP contribution in [0.4, 0.5) is 0 Å². The number of ether oxygens (including phenoxy) is 1. The molecule has 0 radical (unpaired) electrons. The molecule has 2 aromatic carbocycles. The number of halogens is 1. The molecule has 1 unspecified atom stereocenters. The molecule has 0 aliphatic carbocycles. The van der Waals surface area contributed by atoms with Crippen molar-refractivity contribution in [3.05, 3.63) is 71.8 Å². The van der Waals surface area contributed by atoms with Gasteiger partial charge in [-0.15, -0.1) is 0 Å². The third kappa shape index (κ3) is 3.90. The fraction of sp³-hybridized carbons (Fsp3) is 0.125. The van der Waals surface area contributed by atoms with Gasteiger partial charge in [0.15, 0.2) is 0 Å². The normalized spacial score (nSPS) is 11.7. The summed E-state index contributed by atoms with van der Waals surface area (Å²) in [5.74, 6) is -1.33. The Bertz CT molecular complexity index is 581. The highest BCUT2D eigenvalue weighted by Crippen LogP contribution is 2.24. The van der Waals surface area contributed by atoms with Gasteiger partial charge >= 0.3 is 5.97 Å². The van der Waals surface area contributed by atoms with Crippen LogP contribution in [0.5, 0.6) is 0 Å². The molecule has 0 spiro atoms. The first-order valence-electron chi connectivity index (χ1n) is 6.12. The first-order valence-corrected chi connectivity index (χ1v) is 7.37. The Morgan fingerprint density at radius 2 is 1.50 bits per heavy atom. The molecule has 0 heterocycles. The lowest BCUT2D eigenvalue weighted by atomic mass is 10.1. The molecule has 20 heavy (non-hydrogen) atoms. The van der Waals surface area contributed by atoms with Crippen LogP contribution in [-0.2, 0) is 20.9 Å². The first-order chi connectivity index (χ1) is 9.68. The van der Waals surface area contributed by atoms with Gasteiger partial charge in [-0.2, -0.15) is 0 Å². The molecule has 0 amide bonds. The molecule has 4 heteroatoms. The quantitative estimate of drug-likeness (QED) is 0.345. The molecule has 0 aliphatic rings. The number of hydrogen-bond donors (Lipinski definition) is 0. The third-order valence-electron chi connectivity index (χ3n) is 2.74. The van der Waals surface area contributed by atoms with E-state index < -0.39 is 15.7 Å². The van der Waals surface area contributed by atoms with Crippen LogP contribution in [0, 0.1) is 0 Å². The molecule has 0 bridgehead atoms. The summed E-state index contributed by atoms with van der Waals surface area (Å²) in [4.78, 5) is 23.7.